The van der Waals surface area contributed by atoms with E-state index in [0.717, 1.165) is 16.9 Å². The van der Waals surface area contributed by atoms with E-state index in [4.69, 9.17) is 5.73 Å². The van der Waals surface area contributed by atoms with Crippen molar-refractivity contribution in [2.45, 2.75) is 0 Å². The molecular formula is C10H9N2. The summed E-state index contributed by atoms with van der Waals surface area (Å²) in [5.74, 6) is 0. The van der Waals surface area contributed by atoms with Crippen molar-refractivity contribution in [1.29, 1.82) is 0 Å². The summed E-state index contributed by atoms with van der Waals surface area (Å²) in [6, 6.07) is 11.6. The molecule has 1 aromatic carbocycles. The van der Waals surface area contributed by atoms with Gasteiger partial charge < -0.3 is 10.7 Å². The molecule has 0 amide bonds. The molecule has 0 aliphatic heterocycles. The van der Waals surface area contributed by atoms with Crippen molar-refractivity contribution in [3.8, 4) is 11.3 Å². The molecule has 0 spiro atoms. The Labute approximate surface area is 71.0 Å². The van der Waals surface area contributed by atoms with Gasteiger partial charge in [-0.15, -0.1) is 0 Å². The molecule has 0 fully saturated rings. The number of aromatic nitrogens is 1. The molecule has 1 heterocycles. The Morgan fingerprint density at radius 3 is 2.42 bits per heavy atom. The zero-order chi connectivity index (χ0) is 8.39. The van der Waals surface area contributed by atoms with Gasteiger partial charge in [-0.3, -0.25) is 0 Å². The Kier molecular flexibility index (Phi) is 1.59. The highest BCUT2D eigenvalue weighted by Crippen LogP contribution is 2.17. The summed E-state index contributed by atoms with van der Waals surface area (Å²) in [4.78, 5) is 3.01. The van der Waals surface area contributed by atoms with Crippen molar-refractivity contribution in [1.82, 2.24) is 4.98 Å². The number of aromatic amines is 1. The van der Waals surface area contributed by atoms with Crippen molar-refractivity contribution >= 4 is 5.69 Å². The van der Waals surface area contributed by atoms with Gasteiger partial charge in [-0.1, -0.05) is 12.1 Å². The summed E-state index contributed by atoms with van der Waals surface area (Å²) < 4.78 is 0. The first-order valence-electron chi connectivity index (χ1n) is 3.77. The molecule has 0 atom stereocenters. The molecule has 0 aliphatic carbocycles. The molecular weight excluding hydrogens is 148 g/mol. The maximum Gasteiger partial charge on any atom is 0.0624 e. The minimum absolute atomic E-state index is 0.786. The fraction of sp³-hybridized carbons (Fsp3) is 0. The number of anilines is 1. The Morgan fingerprint density at radius 2 is 1.83 bits per heavy atom. The lowest BCUT2D eigenvalue weighted by Gasteiger charge is -1.97. The van der Waals surface area contributed by atoms with Gasteiger partial charge in [-0.05, 0) is 29.8 Å². The van der Waals surface area contributed by atoms with Crippen LogP contribution >= 0.6 is 0 Å². The number of hydrogen-bond donors (Lipinski definition) is 2. The Balaban J connectivity index is 2.43. The van der Waals surface area contributed by atoms with Gasteiger partial charge in [0.2, 0.25) is 0 Å². The molecule has 2 aromatic rings. The Bertz CT molecular complexity index is 346. The predicted octanol–water partition coefficient (Wildman–Crippen LogP) is 2.06. The van der Waals surface area contributed by atoms with Crippen LogP contribution < -0.4 is 5.73 Å². The molecule has 0 saturated carbocycles. The van der Waals surface area contributed by atoms with E-state index in [1.165, 1.54) is 0 Å². The molecule has 2 nitrogen and oxygen atoms in total. The highest BCUT2D eigenvalue weighted by Gasteiger charge is 1.95. The third-order valence-corrected chi connectivity index (χ3v) is 1.76. The van der Waals surface area contributed by atoms with Crippen molar-refractivity contribution in [2.24, 2.45) is 0 Å². The van der Waals surface area contributed by atoms with Gasteiger partial charge in [-0.25, -0.2) is 0 Å². The van der Waals surface area contributed by atoms with Crippen LogP contribution in [-0.2, 0) is 0 Å². The maximum absolute atomic E-state index is 5.56. The van der Waals surface area contributed by atoms with E-state index in [2.05, 4.69) is 11.2 Å². The van der Waals surface area contributed by atoms with Gasteiger partial charge in [0.1, 0.15) is 0 Å². The van der Waals surface area contributed by atoms with Crippen LogP contribution in [0.4, 0.5) is 5.69 Å². The van der Waals surface area contributed by atoms with Crippen molar-refractivity contribution in [3.63, 3.8) is 0 Å². The van der Waals surface area contributed by atoms with Gasteiger partial charge in [0.05, 0.1) is 6.20 Å². The number of rotatable bonds is 1. The molecule has 12 heavy (non-hydrogen) atoms. The average Bonchev–Trinajstić information content (AvgIpc) is 2.58. The van der Waals surface area contributed by atoms with Crippen molar-refractivity contribution in [2.75, 3.05) is 5.73 Å². The summed E-state index contributed by atoms with van der Waals surface area (Å²) in [5, 5.41) is 0. The third kappa shape index (κ3) is 1.19. The number of nitrogens with one attached hydrogen (secondary N) is 1. The summed E-state index contributed by atoms with van der Waals surface area (Å²) in [6.07, 6.45) is 2.89. The van der Waals surface area contributed by atoms with Crippen LogP contribution in [0.2, 0.25) is 0 Å². The summed E-state index contributed by atoms with van der Waals surface area (Å²) in [7, 11) is 0. The topological polar surface area (TPSA) is 41.8 Å². The van der Waals surface area contributed by atoms with Gasteiger partial charge in [0.25, 0.3) is 0 Å². The molecule has 2 rings (SSSR count). The zero-order valence-electron chi connectivity index (χ0n) is 6.54. The minimum atomic E-state index is 0.786. The second kappa shape index (κ2) is 2.74. The average molecular weight is 157 g/mol. The second-order valence-corrected chi connectivity index (χ2v) is 2.64. The highest BCUT2D eigenvalue weighted by atomic mass is 14.7. The van der Waals surface area contributed by atoms with Gasteiger partial charge >= 0.3 is 0 Å². The Hall–Kier alpha value is -1.70. The van der Waals surface area contributed by atoms with Gasteiger partial charge in [-0.2, -0.15) is 0 Å². The number of hydrogen-bond acceptors (Lipinski definition) is 1. The van der Waals surface area contributed by atoms with Crippen LogP contribution in [-0.4, -0.2) is 4.98 Å². The van der Waals surface area contributed by atoms with E-state index >= 15 is 0 Å². The standard InChI is InChI=1S/C10H9N2/c11-9-5-3-8(4-6-9)10-2-1-7-12-10/h1-6,12H,11H2. The quantitative estimate of drug-likeness (QED) is 0.611. The van der Waals surface area contributed by atoms with Crippen molar-refractivity contribution < 1.29 is 0 Å². The van der Waals surface area contributed by atoms with E-state index in [9.17, 15) is 0 Å². The van der Waals surface area contributed by atoms with E-state index < -0.39 is 0 Å². The van der Waals surface area contributed by atoms with Crippen LogP contribution in [0.5, 0.6) is 0 Å². The first kappa shape index (κ1) is 6.98. The molecule has 0 saturated heterocycles. The third-order valence-electron chi connectivity index (χ3n) is 1.76. The molecule has 0 unspecified atom stereocenters. The lowest BCUT2D eigenvalue weighted by molar-refractivity contribution is 1.39. The molecule has 1 radical (unpaired) electrons. The van der Waals surface area contributed by atoms with E-state index in [1.807, 2.05) is 36.4 Å². The highest BCUT2D eigenvalue weighted by molar-refractivity contribution is 5.61. The first-order valence-corrected chi connectivity index (χ1v) is 3.77. The predicted molar refractivity (Wildman–Crippen MR) is 49.5 cm³/mol. The Morgan fingerprint density at radius 1 is 1.08 bits per heavy atom. The molecule has 59 valence electrons. The molecule has 3 N–H and O–H groups in total. The van der Waals surface area contributed by atoms with Crippen LogP contribution in [0, 0.1) is 6.20 Å². The smallest absolute Gasteiger partial charge is 0.0624 e. The van der Waals surface area contributed by atoms with Crippen molar-refractivity contribution in [3.05, 3.63) is 42.6 Å². The van der Waals surface area contributed by atoms with Gasteiger partial charge in [0.15, 0.2) is 0 Å². The minimum Gasteiger partial charge on any atom is -0.399 e. The van der Waals surface area contributed by atoms with E-state index in [-0.39, 0.29) is 0 Å². The fourth-order valence-electron chi connectivity index (χ4n) is 1.12. The number of H-pyrrole nitrogens is 1. The molecule has 2 heteroatoms. The summed E-state index contributed by atoms with van der Waals surface area (Å²) in [6.45, 7) is 0. The number of nitrogens with two attached hydrogens (primary N) is 1. The molecule has 0 aliphatic rings. The largest absolute Gasteiger partial charge is 0.399 e. The summed E-state index contributed by atoms with van der Waals surface area (Å²) >= 11 is 0. The lowest BCUT2D eigenvalue weighted by atomic mass is 10.1. The number of benzene rings is 1. The SMILES string of the molecule is Nc1ccc(-c2cc[c][nH]2)cc1. The van der Waals surface area contributed by atoms with E-state index in [1.54, 1.807) is 0 Å². The maximum atomic E-state index is 5.56. The summed E-state index contributed by atoms with van der Waals surface area (Å²) in [5.41, 5.74) is 8.54. The fourth-order valence-corrected chi connectivity index (χ4v) is 1.12. The van der Waals surface area contributed by atoms with Crippen LogP contribution in [0.1, 0.15) is 0 Å². The molecule has 1 aromatic heterocycles. The first-order chi connectivity index (χ1) is 5.86. The van der Waals surface area contributed by atoms with Gasteiger partial charge in [0, 0.05) is 11.4 Å². The van der Waals surface area contributed by atoms with Crippen LogP contribution in [0.25, 0.3) is 11.3 Å². The molecule has 0 bridgehead atoms. The lowest BCUT2D eigenvalue weighted by Crippen LogP contribution is -1.83. The van der Waals surface area contributed by atoms with Crippen LogP contribution in [0.15, 0.2) is 36.4 Å². The zero-order valence-corrected chi connectivity index (χ0v) is 6.54. The normalized spacial score (nSPS) is 10.0. The second-order valence-electron chi connectivity index (χ2n) is 2.64. The monoisotopic (exact) mass is 157 g/mol. The van der Waals surface area contributed by atoms with E-state index in [0.29, 0.717) is 0 Å². The van der Waals surface area contributed by atoms with Crippen LogP contribution in [0.3, 0.4) is 0 Å². The number of nitrogen functional groups attached to an aromatic ring is 1.